The Balaban J connectivity index is 3.16. The average molecular weight is 364 g/mol. The van der Waals surface area contributed by atoms with Crippen molar-refractivity contribution in [3.8, 4) is 5.75 Å². The summed E-state index contributed by atoms with van der Waals surface area (Å²) in [6.07, 6.45) is -0.352. The standard InChI is InChI=1S/C14H21IO3/c1-5-16-13-11(8-10(4)9-12(13)15)14(17-6-2)18-7-3/h8-9,14H,5-7H2,1-4H3. The highest BCUT2D eigenvalue weighted by atomic mass is 127. The molecule has 0 saturated heterocycles. The Bertz CT molecular complexity index is 374. The monoisotopic (exact) mass is 364 g/mol. The summed E-state index contributed by atoms with van der Waals surface area (Å²) in [7, 11) is 0. The quantitative estimate of drug-likeness (QED) is 0.539. The van der Waals surface area contributed by atoms with Crippen LogP contribution in [0.15, 0.2) is 12.1 Å². The molecular formula is C14H21IO3. The fourth-order valence-corrected chi connectivity index (χ4v) is 2.72. The molecule has 0 N–H and O–H groups in total. The second kappa shape index (κ2) is 7.96. The second-order valence-corrected chi connectivity index (χ2v) is 5.00. The van der Waals surface area contributed by atoms with Gasteiger partial charge in [-0.2, -0.15) is 0 Å². The molecule has 0 amide bonds. The lowest BCUT2D eigenvalue weighted by Gasteiger charge is -2.21. The van der Waals surface area contributed by atoms with Crippen molar-refractivity contribution in [2.75, 3.05) is 19.8 Å². The van der Waals surface area contributed by atoms with Crippen molar-refractivity contribution in [2.45, 2.75) is 34.0 Å². The Morgan fingerprint density at radius 2 is 1.67 bits per heavy atom. The molecule has 18 heavy (non-hydrogen) atoms. The molecule has 1 rings (SSSR count). The van der Waals surface area contributed by atoms with Crippen LogP contribution >= 0.6 is 22.6 Å². The summed E-state index contributed by atoms with van der Waals surface area (Å²) in [5.74, 6) is 0.871. The van der Waals surface area contributed by atoms with Gasteiger partial charge >= 0.3 is 0 Å². The number of hydrogen-bond donors (Lipinski definition) is 0. The molecule has 0 fully saturated rings. The molecule has 3 nitrogen and oxygen atoms in total. The number of hydrogen-bond acceptors (Lipinski definition) is 3. The first-order valence-electron chi connectivity index (χ1n) is 6.30. The third kappa shape index (κ3) is 4.10. The van der Waals surface area contributed by atoms with Crippen LogP contribution in [0.25, 0.3) is 0 Å². The number of benzene rings is 1. The fraction of sp³-hybridized carbons (Fsp3) is 0.571. The lowest BCUT2D eigenvalue weighted by Crippen LogP contribution is -2.12. The maximum atomic E-state index is 5.73. The number of rotatable bonds is 7. The van der Waals surface area contributed by atoms with E-state index < -0.39 is 0 Å². The normalized spacial score (nSPS) is 11.0. The highest BCUT2D eigenvalue weighted by molar-refractivity contribution is 14.1. The summed E-state index contributed by atoms with van der Waals surface area (Å²) >= 11 is 2.29. The zero-order valence-corrected chi connectivity index (χ0v) is 13.6. The second-order valence-electron chi connectivity index (χ2n) is 3.84. The average Bonchev–Trinajstić information content (AvgIpc) is 2.32. The summed E-state index contributed by atoms with van der Waals surface area (Å²) in [5.41, 5.74) is 2.16. The lowest BCUT2D eigenvalue weighted by molar-refractivity contribution is -0.141. The first kappa shape index (κ1) is 15.7. The molecule has 4 heteroatoms. The summed E-state index contributed by atoms with van der Waals surface area (Å²) in [6, 6.07) is 4.17. The molecule has 0 aromatic heterocycles. The van der Waals surface area contributed by atoms with Crippen LogP contribution in [0.3, 0.4) is 0 Å². The van der Waals surface area contributed by atoms with Crippen LogP contribution in [0.1, 0.15) is 38.2 Å². The smallest absolute Gasteiger partial charge is 0.187 e. The molecular weight excluding hydrogens is 343 g/mol. The van der Waals surface area contributed by atoms with Crippen molar-refractivity contribution in [1.82, 2.24) is 0 Å². The summed E-state index contributed by atoms with van der Waals surface area (Å²) in [6.45, 7) is 9.84. The van der Waals surface area contributed by atoms with Gasteiger partial charge in [0.25, 0.3) is 0 Å². The zero-order valence-electron chi connectivity index (χ0n) is 11.5. The molecule has 0 heterocycles. The minimum Gasteiger partial charge on any atom is -0.492 e. The fourth-order valence-electron chi connectivity index (χ4n) is 1.76. The van der Waals surface area contributed by atoms with Crippen LogP contribution in [-0.2, 0) is 9.47 Å². The van der Waals surface area contributed by atoms with Gasteiger partial charge < -0.3 is 14.2 Å². The first-order chi connectivity index (χ1) is 8.63. The van der Waals surface area contributed by atoms with Crippen molar-refractivity contribution >= 4 is 22.6 Å². The van der Waals surface area contributed by atoms with Gasteiger partial charge in [0.05, 0.1) is 15.7 Å². The maximum Gasteiger partial charge on any atom is 0.187 e. The van der Waals surface area contributed by atoms with Crippen molar-refractivity contribution < 1.29 is 14.2 Å². The minimum absolute atomic E-state index is 0.352. The summed E-state index contributed by atoms with van der Waals surface area (Å²) in [4.78, 5) is 0. The van der Waals surface area contributed by atoms with E-state index in [-0.39, 0.29) is 6.29 Å². The largest absolute Gasteiger partial charge is 0.492 e. The van der Waals surface area contributed by atoms with E-state index in [9.17, 15) is 0 Å². The molecule has 1 aromatic rings. The molecule has 0 saturated carbocycles. The number of ether oxygens (including phenoxy) is 3. The molecule has 0 atom stereocenters. The third-order valence-electron chi connectivity index (χ3n) is 2.40. The Hall–Kier alpha value is -0.330. The molecule has 0 aliphatic carbocycles. The van der Waals surface area contributed by atoms with Crippen LogP contribution in [0.2, 0.25) is 0 Å². The molecule has 0 unspecified atom stereocenters. The Kier molecular flexibility index (Phi) is 6.96. The van der Waals surface area contributed by atoms with E-state index >= 15 is 0 Å². The third-order valence-corrected chi connectivity index (χ3v) is 3.20. The highest BCUT2D eigenvalue weighted by Gasteiger charge is 2.19. The Morgan fingerprint density at radius 1 is 1.06 bits per heavy atom. The van der Waals surface area contributed by atoms with Crippen LogP contribution in [0.4, 0.5) is 0 Å². The number of halogens is 1. The summed E-state index contributed by atoms with van der Waals surface area (Å²) < 4.78 is 18.1. The van der Waals surface area contributed by atoms with Gasteiger partial charge in [0.1, 0.15) is 5.75 Å². The lowest BCUT2D eigenvalue weighted by atomic mass is 10.1. The Morgan fingerprint density at radius 3 is 2.17 bits per heavy atom. The van der Waals surface area contributed by atoms with Gasteiger partial charge in [-0.05, 0) is 68.0 Å². The van der Waals surface area contributed by atoms with Crippen molar-refractivity contribution in [2.24, 2.45) is 0 Å². The van der Waals surface area contributed by atoms with E-state index in [1.54, 1.807) is 0 Å². The molecule has 102 valence electrons. The van der Waals surface area contributed by atoms with E-state index in [0.29, 0.717) is 19.8 Å². The van der Waals surface area contributed by atoms with Crippen molar-refractivity contribution in [3.63, 3.8) is 0 Å². The topological polar surface area (TPSA) is 27.7 Å². The maximum absolute atomic E-state index is 5.73. The first-order valence-corrected chi connectivity index (χ1v) is 7.37. The van der Waals surface area contributed by atoms with Gasteiger partial charge in [0.15, 0.2) is 6.29 Å². The molecule has 1 aromatic carbocycles. The van der Waals surface area contributed by atoms with Gasteiger partial charge in [-0.1, -0.05) is 0 Å². The molecule has 0 radical (unpaired) electrons. The van der Waals surface area contributed by atoms with E-state index in [4.69, 9.17) is 14.2 Å². The van der Waals surface area contributed by atoms with E-state index in [0.717, 1.165) is 14.9 Å². The molecule has 0 aliphatic rings. The minimum atomic E-state index is -0.352. The van der Waals surface area contributed by atoms with Crippen LogP contribution < -0.4 is 4.74 Å². The van der Waals surface area contributed by atoms with Gasteiger partial charge in [-0.15, -0.1) is 0 Å². The predicted molar refractivity (Wildman–Crippen MR) is 81.1 cm³/mol. The molecule has 0 spiro atoms. The van der Waals surface area contributed by atoms with Gasteiger partial charge in [-0.3, -0.25) is 0 Å². The Labute approximate surface area is 123 Å². The highest BCUT2D eigenvalue weighted by Crippen LogP contribution is 2.34. The van der Waals surface area contributed by atoms with E-state index in [2.05, 4.69) is 41.6 Å². The van der Waals surface area contributed by atoms with Gasteiger partial charge in [-0.25, -0.2) is 0 Å². The zero-order chi connectivity index (χ0) is 13.5. The van der Waals surface area contributed by atoms with Crippen molar-refractivity contribution in [3.05, 3.63) is 26.8 Å². The van der Waals surface area contributed by atoms with E-state index in [1.165, 1.54) is 5.56 Å². The predicted octanol–water partition coefficient (Wildman–Crippen LogP) is 4.07. The van der Waals surface area contributed by atoms with Crippen LogP contribution in [0, 0.1) is 10.5 Å². The van der Waals surface area contributed by atoms with Crippen molar-refractivity contribution in [1.29, 1.82) is 0 Å². The molecule has 0 aliphatic heterocycles. The van der Waals surface area contributed by atoms with Crippen LogP contribution in [-0.4, -0.2) is 19.8 Å². The van der Waals surface area contributed by atoms with E-state index in [1.807, 2.05) is 20.8 Å². The van der Waals surface area contributed by atoms with Gasteiger partial charge in [0.2, 0.25) is 0 Å². The molecule has 0 bridgehead atoms. The summed E-state index contributed by atoms with van der Waals surface area (Å²) in [5, 5.41) is 0. The SMILES string of the molecule is CCOc1c(I)cc(C)cc1C(OCC)OCC. The van der Waals surface area contributed by atoms with Crippen LogP contribution in [0.5, 0.6) is 5.75 Å². The number of aryl methyl sites for hydroxylation is 1. The van der Waals surface area contributed by atoms with Gasteiger partial charge in [0, 0.05) is 13.2 Å².